The molecule has 1 aromatic heterocycles. The molecule has 2 rings (SSSR count). The van der Waals surface area contributed by atoms with Crippen molar-refractivity contribution in [1.82, 2.24) is 15.0 Å². The Bertz CT molecular complexity index is 623. The molecule has 20 heavy (non-hydrogen) atoms. The zero-order valence-electron chi connectivity index (χ0n) is 10.9. The lowest BCUT2D eigenvalue weighted by atomic mass is 10.3. The topological polar surface area (TPSA) is 86.0 Å². The van der Waals surface area contributed by atoms with E-state index in [4.69, 9.17) is 10.5 Å². The van der Waals surface area contributed by atoms with Crippen LogP contribution >= 0.6 is 15.9 Å². The van der Waals surface area contributed by atoms with Crippen molar-refractivity contribution in [2.45, 2.75) is 20.0 Å². The van der Waals surface area contributed by atoms with E-state index in [0.717, 1.165) is 0 Å². The Morgan fingerprint density at radius 3 is 2.70 bits per heavy atom. The van der Waals surface area contributed by atoms with Crippen LogP contribution in [-0.2, 0) is 0 Å². The van der Waals surface area contributed by atoms with E-state index in [9.17, 15) is 4.39 Å². The zero-order valence-corrected chi connectivity index (χ0v) is 12.5. The number of nitrogens with two attached hydrogens (primary N) is 1. The van der Waals surface area contributed by atoms with Gasteiger partial charge in [0, 0.05) is 4.47 Å². The molecule has 2 aromatic rings. The lowest BCUT2D eigenvalue weighted by molar-refractivity contribution is 0.222. The highest BCUT2D eigenvalue weighted by Gasteiger charge is 2.09. The second-order valence-corrected chi connectivity index (χ2v) is 5.07. The molecule has 0 unspecified atom stereocenters. The average molecular weight is 342 g/mol. The van der Waals surface area contributed by atoms with Crippen molar-refractivity contribution in [2.75, 3.05) is 11.1 Å². The van der Waals surface area contributed by atoms with E-state index in [1.165, 1.54) is 12.1 Å². The van der Waals surface area contributed by atoms with E-state index < -0.39 is 0 Å². The number of nitrogen functional groups attached to an aromatic ring is 1. The third-order valence-corrected chi connectivity index (χ3v) is 2.81. The van der Waals surface area contributed by atoms with Crippen molar-refractivity contribution >= 4 is 33.5 Å². The highest BCUT2D eigenvalue weighted by atomic mass is 79.9. The smallest absolute Gasteiger partial charge is 0.323 e. The molecule has 0 spiro atoms. The Labute approximate surface area is 123 Å². The minimum Gasteiger partial charge on any atom is -0.461 e. The molecule has 6 nitrogen and oxygen atoms in total. The number of hydrogen-bond acceptors (Lipinski definition) is 6. The molecular formula is C12H13BrFN5O. The number of nitrogens with one attached hydrogen (secondary N) is 1. The van der Waals surface area contributed by atoms with Gasteiger partial charge in [-0.2, -0.15) is 15.0 Å². The van der Waals surface area contributed by atoms with E-state index in [1.807, 2.05) is 13.8 Å². The second-order valence-electron chi connectivity index (χ2n) is 4.22. The summed E-state index contributed by atoms with van der Waals surface area (Å²) >= 11 is 3.25. The predicted molar refractivity (Wildman–Crippen MR) is 77.4 cm³/mol. The quantitative estimate of drug-likeness (QED) is 0.889. The lowest BCUT2D eigenvalue weighted by Crippen LogP contribution is -2.11. The molecule has 3 N–H and O–H groups in total. The van der Waals surface area contributed by atoms with E-state index in [2.05, 4.69) is 36.2 Å². The van der Waals surface area contributed by atoms with Gasteiger partial charge >= 0.3 is 6.01 Å². The van der Waals surface area contributed by atoms with E-state index in [0.29, 0.717) is 10.2 Å². The Hall–Kier alpha value is -1.96. The summed E-state index contributed by atoms with van der Waals surface area (Å²) in [6, 6.07) is 4.34. The third-order valence-electron chi connectivity index (χ3n) is 2.15. The van der Waals surface area contributed by atoms with E-state index in [-0.39, 0.29) is 29.8 Å². The Kier molecular flexibility index (Phi) is 4.33. The molecule has 0 fully saturated rings. The summed E-state index contributed by atoms with van der Waals surface area (Å²) in [5.41, 5.74) is 6.20. The molecule has 1 aromatic carbocycles. The second kappa shape index (κ2) is 6.00. The molecule has 0 bridgehead atoms. The molecule has 1 heterocycles. The standard InChI is InChI=1S/C12H13BrFN5O/c1-6(2)20-12-18-10(15)17-11(19-12)16-9-4-3-7(14)5-8(9)13/h3-6H,1-2H3,(H3,15,16,17,18,19). The van der Waals surface area contributed by atoms with Gasteiger partial charge in [-0.05, 0) is 48.0 Å². The number of halogens is 2. The van der Waals surface area contributed by atoms with Gasteiger partial charge in [-0.25, -0.2) is 4.39 Å². The minimum absolute atomic E-state index is 0.0383. The van der Waals surface area contributed by atoms with Crippen LogP contribution < -0.4 is 15.8 Å². The first kappa shape index (κ1) is 14.4. The molecule has 0 aliphatic heterocycles. The number of nitrogens with zero attached hydrogens (tertiary/aromatic N) is 3. The summed E-state index contributed by atoms with van der Waals surface area (Å²) in [5, 5.41) is 2.92. The van der Waals surface area contributed by atoms with E-state index in [1.54, 1.807) is 6.07 Å². The maximum absolute atomic E-state index is 13.0. The number of anilines is 3. The first-order valence-corrected chi connectivity index (χ1v) is 6.63. The van der Waals surface area contributed by atoms with Gasteiger partial charge in [-0.3, -0.25) is 0 Å². The largest absolute Gasteiger partial charge is 0.461 e. The van der Waals surface area contributed by atoms with Crippen LogP contribution in [-0.4, -0.2) is 21.1 Å². The van der Waals surface area contributed by atoms with Crippen LogP contribution in [0.25, 0.3) is 0 Å². The summed E-state index contributed by atoms with van der Waals surface area (Å²) in [6.45, 7) is 3.70. The molecule has 0 saturated heterocycles. The first-order valence-electron chi connectivity index (χ1n) is 5.84. The normalized spacial score (nSPS) is 10.7. The van der Waals surface area contributed by atoms with Gasteiger partial charge in [0.2, 0.25) is 11.9 Å². The number of ether oxygens (including phenoxy) is 1. The fraction of sp³-hybridized carbons (Fsp3) is 0.250. The highest BCUT2D eigenvalue weighted by Crippen LogP contribution is 2.25. The van der Waals surface area contributed by atoms with Crippen LogP contribution in [0.15, 0.2) is 22.7 Å². The Morgan fingerprint density at radius 1 is 1.30 bits per heavy atom. The maximum atomic E-state index is 13.0. The van der Waals surface area contributed by atoms with Gasteiger partial charge in [0.15, 0.2) is 0 Å². The third kappa shape index (κ3) is 3.77. The molecule has 0 amide bonds. The first-order chi connectivity index (χ1) is 9.44. The summed E-state index contributed by atoms with van der Waals surface area (Å²) in [7, 11) is 0. The van der Waals surface area contributed by atoms with Crippen LogP contribution in [0, 0.1) is 5.82 Å². The Morgan fingerprint density at radius 2 is 2.05 bits per heavy atom. The number of hydrogen-bond donors (Lipinski definition) is 2. The van der Waals surface area contributed by atoms with Crippen LogP contribution in [0.3, 0.4) is 0 Å². The summed E-state index contributed by atoms with van der Waals surface area (Å²) in [4.78, 5) is 11.9. The summed E-state index contributed by atoms with van der Waals surface area (Å²) < 4.78 is 18.9. The number of aromatic nitrogens is 3. The monoisotopic (exact) mass is 341 g/mol. The van der Waals surface area contributed by atoms with Gasteiger partial charge in [-0.1, -0.05) is 0 Å². The fourth-order valence-electron chi connectivity index (χ4n) is 1.40. The predicted octanol–water partition coefficient (Wildman–Crippen LogP) is 2.89. The van der Waals surface area contributed by atoms with Crippen LogP contribution in [0.2, 0.25) is 0 Å². The molecule has 0 aliphatic carbocycles. The molecule has 0 aliphatic rings. The van der Waals surface area contributed by atoms with Crippen LogP contribution in [0.4, 0.5) is 22.0 Å². The van der Waals surface area contributed by atoms with Gasteiger partial charge in [0.05, 0.1) is 11.8 Å². The summed E-state index contributed by atoms with van der Waals surface area (Å²) in [6.07, 6.45) is -0.0813. The molecule has 106 valence electrons. The van der Waals surface area contributed by atoms with Gasteiger partial charge < -0.3 is 15.8 Å². The van der Waals surface area contributed by atoms with Crippen molar-refractivity contribution in [3.05, 3.63) is 28.5 Å². The van der Waals surface area contributed by atoms with Crippen molar-refractivity contribution in [1.29, 1.82) is 0 Å². The maximum Gasteiger partial charge on any atom is 0.323 e. The molecule has 0 atom stereocenters. The number of benzene rings is 1. The zero-order chi connectivity index (χ0) is 14.7. The minimum atomic E-state index is -0.346. The number of rotatable bonds is 4. The molecule has 0 saturated carbocycles. The Balaban J connectivity index is 2.26. The van der Waals surface area contributed by atoms with Crippen molar-refractivity contribution in [3.63, 3.8) is 0 Å². The molecular weight excluding hydrogens is 329 g/mol. The SMILES string of the molecule is CC(C)Oc1nc(N)nc(Nc2ccc(F)cc2Br)n1. The van der Waals surface area contributed by atoms with Crippen molar-refractivity contribution in [3.8, 4) is 6.01 Å². The van der Waals surface area contributed by atoms with E-state index >= 15 is 0 Å². The van der Waals surface area contributed by atoms with Gasteiger partial charge in [0.1, 0.15) is 5.82 Å². The van der Waals surface area contributed by atoms with Gasteiger partial charge in [0.25, 0.3) is 0 Å². The lowest BCUT2D eigenvalue weighted by Gasteiger charge is -2.11. The van der Waals surface area contributed by atoms with Crippen molar-refractivity contribution in [2.24, 2.45) is 0 Å². The summed E-state index contributed by atoms with van der Waals surface area (Å²) in [5.74, 6) is -0.0849. The highest BCUT2D eigenvalue weighted by molar-refractivity contribution is 9.10. The fourth-order valence-corrected chi connectivity index (χ4v) is 1.85. The van der Waals surface area contributed by atoms with Crippen molar-refractivity contribution < 1.29 is 9.13 Å². The van der Waals surface area contributed by atoms with Crippen LogP contribution in [0.1, 0.15) is 13.8 Å². The van der Waals surface area contributed by atoms with Gasteiger partial charge in [-0.15, -0.1) is 0 Å². The molecule has 0 radical (unpaired) electrons. The van der Waals surface area contributed by atoms with Crippen LogP contribution in [0.5, 0.6) is 6.01 Å². The average Bonchev–Trinajstić information content (AvgIpc) is 2.31. The molecule has 8 heteroatoms.